The topological polar surface area (TPSA) is 117 Å². The van der Waals surface area contributed by atoms with E-state index in [0.717, 1.165) is 22.9 Å². The highest BCUT2D eigenvalue weighted by atomic mass is 35.5. The van der Waals surface area contributed by atoms with E-state index in [1.165, 1.54) is 6.92 Å². The van der Waals surface area contributed by atoms with Crippen LogP contribution in [0.25, 0.3) is 0 Å². The molecule has 0 aromatic carbocycles. The van der Waals surface area contributed by atoms with E-state index in [4.69, 9.17) is 16.7 Å². The van der Waals surface area contributed by atoms with Gasteiger partial charge in [-0.05, 0) is 13.0 Å². The van der Waals surface area contributed by atoms with Crippen molar-refractivity contribution in [1.82, 2.24) is 14.8 Å². The van der Waals surface area contributed by atoms with Crippen LogP contribution < -0.4 is 16.4 Å². The van der Waals surface area contributed by atoms with Gasteiger partial charge in [0.05, 0.1) is 17.4 Å². The monoisotopic (exact) mass is 392 g/mol. The molecule has 0 aliphatic heterocycles. The van der Waals surface area contributed by atoms with Gasteiger partial charge in [0.1, 0.15) is 10.7 Å². The molecule has 12 heteroatoms. The lowest BCUT2D eigenvalue weighted by molar-refractivity contribution is -0.138. The Morgan fingerprint density at radius 3 is 2.65 bits per heavy atom. The maximum Gasteiger partial charge on any atom is 0.423 e. The van der Waals surface area contributed by atoms with Crippen molar-refractivity contribution in [3.05, 3.63) is 55.3 Å². The van der Waals surface area contributed by atoms with E-state index in [0.29, 0.717) is 0 Å². The quantitative estimate of drug-likeness (QED) is 0.668. The summed E-state index contributed by atoms with van der Waals surface area (Å²) in [6.07, 6.45) is -4.13. The number of carboxylic acids is 1. The Morgan fingerprint density at radius 2 is 2.08 bits per heavy atom. The summed E-state index contributed by atoms with van der Waals surface area (Å²) in [4.78, 5) is 34.4. The zero-order valence-electron chi connectivity index (χ0n) is 13.1. The molecular weight excluding hydrogens is 381 g/mol. The van der Waals surface area contributed by atoms with Gasteiger partial charge in [0.25, 0.3) is 11.1 Å². The number of nitrogens with zero attached hydrogens (tertiary/aromatic N) is 2. The molecule has 3 N–H and O–H groups in total. The minimum atomic E-state index is -4.92. The standard InChI is InChI=1S/C14H12ClF3N4O4/c1-6(5-22-9(23)3-2-7(11(22)15)13(25)26)20-8-4-19-21-12(24)10(8)14(16,17)18/h2-4,6H,5H2,1H3,(H,25,26)(H2,20,21,24). The molecule has 0 saturated heterocycles. The molecule has 1 atom stereocenters. The van der Waals surface area contributed by atoms with Crippen LogP contribution in [-0.2, 0) is 12.7 Å². The third-order valence-corrected chi connectivity index (χ3v) is 3.75. The first-order chi connectivity index (χ1) is 12.0. The molecule has 8 nitrogen and oxygen atoms in total. The number of halogens is 4. The van der Waals surface area contributed by atoms with Gasteiger partial charge in [-0.3, -0.25) is 14.2 Å². The van der Waals surface area contributed by atoms with Crippen LogP contribution in [0.15, 0.2) is 27.9 Å². The SMILES string of the molecule is CC(Cn1c(Cl)c(C(=O)O)ccc1=O)Nc1cn[nH]c(=O)c1C(F)(F)F. The highest BCUT2D eigenvalue weighted by molar-refractivity contribution is 6.32. The van der Waals surface area contributed by atoms with Crippen molar-refractivity contribution in [2.24, 2.45) is 0 Å². The van der Waals surface area contributed by atoms with Gasteiger partial charge in [-0.2, -0.15) is 18.3 Å². The van der Waals surface area contributed by atoms with Crippen LogP contribution in [0.4, 0.5) is 18.9 Å². The van der Waals surface area contributed by atoms with E-state index in [1.807, 2.05) is 0 Å². The molecule has 0 bridgehead atoms. The third-order valence-electron chi connectivity index (χ3n) is 3.35. The molecule has 0 saturated carbocycles. The van der Waals surface area contributed by atoms with Gasteiger partial charge in [-0.25, -0.2) is 9.89 Å². The summed E-state index contributed by atoms with van der Waals surface area (Å²) in [5.74, 6) is -1.36. The number of aromatic nitrogens is 3. The molecule has 0 aliphatic carbocycles. The summed E-state index contributed by atoms with van der Waals surface area (Å²) < 4.78 is 40.0. The third kappa shape index (κ3) is 4.04. The number of aromatic carboxylic acids is 1. The van der Waals surface area contributed by atoms with Gasteiger partial charge in [0, 0.05) is 18.7 Å². The first-order valence-electron chi connectivity index (χ1n) is 7.06. The van der Waals surface area contributed by atoms with Crippen molar-refractivity contribution in [1.29, 1.82) is 0 Å². The molecule has 0 aliphatic rings. The smallest absolute Gasteiger partial charge is 0.423 e. The van der Waals surface area contributed by atoms with Crippen LogP contribution in [0, 0.1) is 0 Å². The summed E-state index contributed by atoms with van der Waals surface area (Å²) >= 11 is 5.89. The summed E-state index contributed by atoms with van der Waals surface area (Å²) in [7, 11) is 0. The van der Waals surface area contributed by atoms with E-state index in [1.54, 1.807) is 5.10 Å². The number of aromatic amines is 1. The van der Waals surface area contributed by atoms with Crippen molar-refractivity contribution in [3.63, 3.8) is 0 Å². The minimum Gasteiger partial charge on any atom is -0.478 e. The van der Waals surface area contributed by atoms with Crippen molar-refractivity contribution in [2.45, 2.75) is 25.7 Å². The van der Waals surface area contributed by atoms with E-state index in [9.17, 15) is 27.6 Å². The van der Waals surface area contributed by atoms with Crippen LogP contribution in [0.2, 0.25) is 5.15 Å². The summed E-state index contributed by atoms with van der Waals surface area (Å²) in [6, 6.07) is 1.20. The number of rotatable bonds is 5. The molecule has 0 amide bonds. The molecule has 1 unspecified atom stereocenters. The van der Waals surface area contributed by atoms with Crippen molar-refractivity contribution in [2.75, 3.05) is 5.32 Å². The molecular formula is C14H12ClF3N4O4. The molecule has 2 aromatic rings. The lowest BCUT2D eigenvalue weighted by Gasteiger charge is -2.20. The average molecular weight is 393 g/mol. The fourth-order valence-corrected chi connectivity index (χ4v) is 2.56. The lowest BCUT2D eigenvalue weighted by Crippen LogP contribution is -2.32. The molecule has 26 heavy (non-hydrogen) atoms. The van der Waals surface area contributed by atoms with Crippen LogP contribution in [-0.4, -0.2) is 31.9 Å². The summed E-state index contributed by atoms with van der Waals surface area (Å²) in [5, 5.41) is 16.1. The Hall–Kier alpha value is -2.82. The van der Waals surface area contributed by atoms with Crippen LogP contribution in [0.1, 0.15) is 22.8 Å². The molecule has 0 fully saturated rings. The number of alkyl halides is 3. The highest BCUT2D eigenvalue weighted by Crippen LogP contribution is 2.31. The molecule has 140 valence electrons. The second-order valence-electron chi connectivity index (χ2n) is 5.32. The number of carbonyl (C=O) groups is 1. The second-order valence-corrected chi connectivity index (χ2v) is 5.68. The summed E-state index contributed by atoms with van der Waals surface area (Å²) in [6.45, 7) is 1.18. The zero-order chi connectivity index (χ0) is 19.6. The second kappa shape index (κ2) is 7.20. The van der Waals surface area contributed by atoms with Crippen molar-refractivity contribution in [3.8, 4) is 0 Å². The molecule has 2 aromatic heterocycles. The van der Waals surface area contributed by atoms with Crippen molar-refractivity contribution < 1.29 is 23.1 Å². The minimum absolute atomic E-state index is 0.247. The number of hydrogen-bond acceptors (Lipinski definition) is 5. The van der Waals surface area contributed by atoms with Gasteiger partial charge < -0.3 is 10.4 Å². The highest BCUT2D eigenvalue weighted by Gasteiger charge is 2.37. The molecule has 0 radical (unpaired) electrons. The van der Waals surface area contributed by atoms with Crippen LogP contribution >= 0.6 is 11.6 Å². The van der Waals surface area contributed by atoms with E-state index in [-0.39, 0.29) is 17.3 Å². The first-order valence-corrected chi connectivity index (χ1v) is 7.44. The fraction of sp³-hybridized carbons (Fsp3) is 0.286. The predicted octanol–water partition coefficient (Wildman–Crippen LogP) is 1.80. The van der Waals surface area contributed by atoms with Crippen LogP contribution in [0.3, 0.4) is 0 Å². The Labute approximate surface area is 148 Å². The number of carboxylic acid groups (broad SMARTS) is 1. The predicted molar refractivity (Wildman–Crippen MR) is 85.6 cm³/mol. The molecule has 2 rings (SSSR count). The normalized spacial score (nSPS) is 12.7. The Balaban J connectivity index is 2.35. The molecule has 2 heterocycles. The van der Waals surface area contributed by atoms with Gasteiger partial charge in [0.2, 0.25) is 0 Å². The molecule has 0 spiro atoms. The maximum absolute atomic E-state index is 13.0. The largest absolute Gasteiger partial charge is 0.478 e. The number of anilines is 1. The number of H-pyrrole nitrogens is 1. The van der Waals surface area contributed by atoms with Gasteiger partial charge in [-0.1, -0.05) is 11.6 Å². The van der Waals surface area contributed by atoms with Gasteiger partial charge in [-0.15, -0.1) is 0 Å². The van der Waals surface area contributed by atoms with E-state index >= 15 is 0 Å². The number of pyridine rings is 1. The van der Waals surface area contributed by atoms with E-state index in [2.05, 4.69) is 10.4 Å². The van der Waals surface area contributed by atoms with E-state index < -0.39 is 40.6 Å². The lowest BCUT2D eigenvalue weighted by atomic mass is 10.2. The first kappa shape index (κ1) is 19.5. The Bertz CT molecular complexity index is 954. The van der Waals surface area contributed by atoms with Crippen LogP contribution in [0.5, 0.6) is 0 Å². The van der Waals surface area contributed by atoms with Gasteiger partial charge >= 0.3 is 12.1 Å². The Morgan fingerprint density at radius 1 is 1.42 bits per heavy atom. The van der Waals surface area contributed by atoms with Crippen molar-refractivity contribution >= 4 is 23.3 Å². The fourth-order valence-electron chi connectivity index (χ4n) is 2.26. The summed E-state index contributed by atoms with van der Waals surface area (Å²) in [5.41, 5.74) is -4.41. The van der Waals surface area contributed by atoms with Gasteiger partial charge in [0.15, 0.2) is 0 Å². The number of hydrogen-bond donors (Lipinski definition) is 3. The maximum atomic E-state index is 13.0. The number of nitrogens with one attached hydrogen (secondary N) is 2. The average Bonchev–Trinajstić information content (AvgIpc) is 2.49. The zero-order valence-corrected chi connectivity index (χ0v) is 13.9. The Kier molecular flexibility index (Phi) is 5.40.